The number of rotatable bonds is 5. The van der Waals surface area contributed by atoms with Crippen molar-refractivity contribution in [2.45, 2.75) is 62.9 Å². The highest BCUT2D eigenvalue weighted by atomic mass is 15.3. The molecular formula is C15H28N6. The summed E-state index contributed by atoms with van der Waals surface area (Å²) in [6.45, 7) is 2.44. The van der Waals surface area contributed by atoms with Crippen LogP contribution in [0.2, 0.25) is 0 Å². The molecule has 0 bridgehead atoms. The summed E-state index contributed by atoms with van der Waals surface area (Å²) >= 11 is 0. The molecule has 21 heavy (non-hydrogen) atoms. The molecular weight excluding hydrogens is 264 g/mol. The van der Waals surface area contributed by atoms with E-state index in [1.807, 2.05) is 11.7 Å². The van der Waals surface area contributed by atoms with E-state index in [-0.39, 0.29) is 11.6 Å². The highest BCUT2D eigenvalue weighted by molar-refractivity contribution is 5.07. The Kier molecular flexibility index (Phi) is 4.57. The zero-order valence-electron chi connectivity index (χ0n) is 13.1. The minimum absolute atomic E-state index is 0.209. The Balaban J connectivity index is 1.81. The second-order valence-electron chi connectivity index (χ2n) is 6.58. The van der Waals surface area contributed by atoms with Gasteiger partial charge in [-0.05, 0) is 38.8 Å². The molecule has 1 saturated heterocycles. The summed E-state index contributed by atoms with van der Waals surface area (Å²) in [5.41, 5.74) is 3.33. The van der Waals surface area contributed by atoms with Gasteiger partial charge >= 0.3 is 0 Å². The van der Waals surface area contributed by atoms with Crippen molar-refractivity contribution in [3.63, 3.8) is 0 Å². The van der Waals surface area contributed by atoms with Crippen molar-refractivity contribution in [1.29, 1.82) is 0 Å². The molecule has 1 saturated carbocycles. The van der Waals surface area contributed by atoms with Crippen molar-refractivity contribution in [1.82, 2.24) is 25.1 Å². The number of aryl methyl sites for hydroxylation is 1. The monoisotopic (exact) mass is 292 g/mol. The van der Waals surface area contributed by atoms with Crippen LogP contribution in [-0.4, -0.2) is 44.3 Å². The molecule has 1 atom stereocenters. The molecule has 0 aromatic carbocycles. The first-order valence-electron chi connectivity index (χ1n) is 8.30. The standard InChI is InChI=1S/C15H28N6/c1-20-14(17-12-18-20)11-13(19-16)15(7-3-4-8-15)21-9-5-2-6-10-21/h12-13,19H,2-11,16H2,1H3. The Morgan fingerprint density at radius 2 is 1.95 bits per heavy atom. The third kappa shape index (κ3) is 2.84. The Hall–Kier alpha value is -0.980. The highest BCUT2D eigenvalue weighted by Gasteiger charge is 2.46. The summed E-state index contributed by atoms with van der Waals surface area (Å²) in [7, 11) is 1.96. The van der Waals surface area contributed by atoms with E-state index in [0.717, 1.165) is 12.2 Å². The van der Waals surface area contributed by atoms with Gasteiger partial charge in [-0.2, -0.15) is 5.10 Å². The fourth-order valence-electron chi connectivity index (χ4n) is 4.30. The lowest BCUT2D eigenvalue weighted by atomic mass is 9.83. The number of hydrogen-bond donors (Lipinski definition) is 2. The van der Waals surface area contributed by atoms with Crippen molar-refractivity contribution >= 4 is 0 Å². The SMILES string of the molecule is Cn1ncnc1CC(NN)C1(N2CCCCC2)CCCC1. The zero-order chi connectivity index (χ0) is 14.7. The predicted octanol–water partition coefficient (Wildman–Crippen LogP) is 0.988. The van der Waals surface area contributed by atoms with Gasteiger partial charge in [0.2, 0.25) is 0 Å². The molecule has 0 amide bonds. The maximum absolute atomic E-state index is 5.98. The number of nitrogens with zero attached hydrogens (tertiary/aromatic N) is 4. The molecule has 1 aliphatic carbocycles. The number of nitrogens with two attached hydrogens (primary N) is 1. The van der Waals surface area contributed by atoms with Crippen molar-refractivity contribution < 1.29 is 0 Å². The van der Waals surface area contributed by atoms with E-state index in [0.29, 0.717) is 0 Å². The first-order valence-corrected chi connectivity index (χ1v) is 8.30. The smallest absolute Gasteiger partial charge is 0.138 e. The third-order valence-corrected chi connectivity index (χ3v) is 5.50. The number of hydrogen-bond acceptors (Lipinski definition) is 5. The fourth-order valence-corrected chi connectivity index (χ4v) is 4.30. The van der Waals surface area contributed by atoms with Crippen LogP contribution in [0.5, 0.6) is 0 Å². The third-order valence-electron chi connectivity index (χ3n) is 5.50. The molecule has 3 N–H and O–H groups in total. The largest absolute Gasteiger partial charge is 0.296 e. The van der Waals surface area contributed by atoms with Crippen molar-refractivity contribution in [3.05, 3.63) is 12.2 Å². The van der Waals surface area contributed by atoms with E-state index >= 15 is 0 Å². The van der Waals surface area contributed by atoms with Crippen LogP contribution in [0.1, 0.15) is 50.8 Å². The summed E-state index contributed by atoms with van der Waals surface area (Å²) in [4.78, 5) is 7.10. The number of aromatic nitrogens is 3. The van der Waals surface area contributed by atoms with Crippen molar-refractivity contribution in [3.8, 4) is 0 Å². The van der Waals surface area contributed by atoms with Crippen LogP contribution in [0.4, 0.5) is 0 Å². The first kappa shape index (κ1) is 14.9. The minimum Gasteiger partial charge on any atom is -0.296 e. The van der Waals surface area contributed by atoms with Crippen LogP contribution >= 0.6 is 0 Å². The normalized spacial score (nSPS) is 24.3. The average molecular weight is 292 g/mol. The van der Waals surface area contributed by atoms with Gasteiger partial charge in [0, 0.05) is 25.0 Å². The number of hydrazine groups is 1. The maximum atomic E-state index is 5.98. The topological polar surface area (TPSA) is 72.0 Å². The quantitative estimate of drug-likeness (QED) is 0.625. The molecule has 0 spiro atoms. The molecule has 1 aromatic heterocycles. The molecule has 1 aromatic rings. The van der Waals surface area contributed by atoms with Gasteiger partial charge in [-0.15, -0.1) is 0 Å². The molecule has 1 unspecified atom stereocenters. The zero-order valence-corrected chi connectivity index (χ0v) is 13.1. The molecule has 2 fully saturated rings. The van der Waals surface area contributed by atoms with Crippen molar-refractivity contribution in [2.24, 2.45) is 12.9 Å². The summed E-state index contributed by atoms with van der Waals surface area (Å²) in [6, 6.07) is 0.251. The molecule has 3 rings (SSSR count). The Morgan fingerprint density at radius 1 is 1.24 bits per heavy atom. The Morgan fingerprint density at radius 3 is 2.52 bits per heavy atom. The minimum atomic E-state index is 0.209. The van der Waals surface area contributed by atoms with Gasteiger partial charge in [0.25, 0.3) is 0 Å². The van der Waals surface area contributed by atoms with E-state index in [1.165, 1.54) is 58.0 Å². The maximum Gasteiger partial charge on any atom is 0.138 e. The van der Waals surface area contributed by atoms with E-state index in [1.54, 1.807) is 6.33 Å². The van der Waals surface area contributed by atoms with Crippen LogP contribution in [0.25, 0.3) is 0 Å². The van der Waals surface area contributed by atoms with Gasteiger partial charge in [0.05, 0.1) is 0 Å². The highest BCUT2D eigenvalue weighted by Crippen LogP contribution is 2.40. The van der Waals surface area contributed by atoms with Crippen LogP contribution in [0, 0.1) is 0 Å². The summed E-state index contributed by atoms with van der Waals surface area (Å²) < 4.78 is 1.86. The second-order valence-corrected chi connectivity index (χ2v) is 6.58. The Bertz CT molecular complexity index is 445. The summed E-state index contributed by atoms with van der Waals surface area (Å²) in [5.74, 6) is 6.99. The lowest BCUT2D eigenvalue weighted by Crippen LogP contribution is -2.63. The number of piperidine rings is 1. The lowest BCUT2D eigenvalue weighted by Gasteiger charge is -2.48. The van der Waals surface area contributed by atoms with E-state index in [4.69, 9.17) is 5.84 Å². The molecule has 6 heteroatoms. The average Bonchev–Trinajstić information content (AvgIpc) is 3.16. The van der Waals surface area contributed by atoms with Crippen LogP contribution in [-0.2, 0) is 13.5 Å². The number of likely N-dealkylation sites (tertiary alicyclic amines) is 1. The first-order chi connectivity index (χ1) is 10.3. The molecule has 0 radical (unpaired) electrons. The van der Waals surface area contributed by atoms with E-state index in [9.17, 15) is 0 Å². The van der Waals surface area contributed by atoms with Gasteiger partial charge in [-0.3, -0.25) is 20.9 Å². The van der Waals surface area contributed by atoms with Gasteiger partial charge in [-0.1, -0.05) is 19.3 Å². The van der Waals surface area contributed by atoms with Gasteiger partial charge in [0.1, 0.15) is 12.2 Å². The van der Waals surface area contributed by atoms with E-state index < -0.39 is 0 Å². The van der Waals surface area contributed by atoms with Gasteiger partial charge in [-0.25, -0.2) is 4.98 Å². The molecule has 1 aliphatic heterocycles. The Labute approximate surface area is 127 Å². The second kappa shape index (κ2) is 6.42. The predicted molar refractivity (Wildman–Crippen MR) is 82.4 cm³/mol. The van der Waals surface area contributed by atoms with Crippen molar-refractivity contribution in [2.75, 3.05) is 13.1 Å². The molecule has 6 nitrogen and oxygen atoms in total. The summed E-state index contributed by atoms with van der Waals surface area (Å²) in [6.07, 6.45) is 11.6. The fraction of sp³-hybridized carbons (Fsp3) is 0.867. The van der Waals surface area contributed by atoms with Crippen LogP contribution < -0.4 is 11.3 Å². The van der Waals surface area contributed by atoms with E-state index in [2.05, 4.69) is 20.4 Å². The number of nitrogens with one attached hydrogen (secondary N) is 1. The molecule has 118 valence electrons. The van der Waals surface area contributed by atoms with Gasteiger partial charge < -0.3 is 0 Å². The lowest BCUT2D eigenvalue weighted by molar-refractivity contribution is 0.0358. The molecule has 2 heterocycles. The molecule has 2 aliphatic rings. The summed E-state index contributed by atoms with van der Waals surface area (Å²) in [5, 5.41) is 4.19. The van der Waals surface area contributed by atoms with Gasteiger partial charge in [0.15, 0.2) is 0 Å². The van der Waals surface area contributed by atoms with Crippen LogP contribution in [0.15, 0.2) is 6.33 Å². The van der Waals surface area contributed by atoms with Crippen LogP contribution in [0.3, 0.4) is 0 Å².